The molecule has 1 saturated heterocycles. The van der Waals surface area contributed by atoms with Crippen molar-refractivity contribution in [2.45, 2.75) is 6.54 Å². The van der Waals surface area contributed by atoms with Crippen LogP contribution in [0.4, 0.5) is 4.79 Å². The van der Waals surface area contributed by atoms with E-state index < -0.39 is 5.91 Å². The molecule has 3 rings (SSSR count). The molecule has 0 aliphatic carbocycles. The minimum Gasteiger partial charge on any atom is -0.506 e. The molecule has 2 aromatic carbocycles. The maximum Gasteiger partial charge on any atom is 0.293 e. The number of carbonyl (C=O) groups is 2. The van der Waals surface area contributed by atoms with E-state index in [0.29, 0.717) is 15.1 Å². The van der Waals surface area contributed by atoms with Crippen molar-refractivity contribution in [2.75, 3.05) is 0 Å². The Morgan fingerprint density at radius 3 is 2.52 bits per heavy atom. The lowest BCUT2D eigenvalue weighted by atomic mass is 10.1. The number of benzene rings is 2. The van der Waals surface area contributed by atoms with Crippen molar-refractivity contribution in [3.8, 4) is 5.75 Å². The van der Waals surface area contributed by atoms with Gasteiger partial charge in [-0.05, 0) is 47.7 Å². The van der Waals surface area contributed by atoms with E-state index in [9.17, 15) is 14.7 Å². The van der Waals surface area contributed by atoms with Gasteiger partial charge in [0.15, 0.2) is 0 Å². The highest BCUT2D eigenvalue weighted by atomic mass is 79.9. The topological polar surface area (TPSA) is 57.6 Å². The lowest BCUT2D eigenvalue weighted by molar-refractivity contribution is -0.123. The highest BCUT2D eigenvalue weighted by Crippen LogP contribution is 2.37. The lowest BCUT2D eigenvalue weighted by Crippen LogP contribution is -2.27. The number of rotatable bonds is 3. The Balaban J connectivity index is 1.87. The zero-order valence-corrected chi connectivity index (χ0v) is 16.4. The van der Waals surface area contributed by atoms with Crippen molar-refractivity contribution in [3.63, 3.8) is 0 Å². The van der Waals surface area contributed by atoms with Crippen molar-refractivity contribution in [1.29, 1.82) is 0 Å². The Bertz CT molecular complexity index is 900. The van der Waals surface area contributed by atoms with Gasteiger partial charge in [-0.25, -0.2) is 0 Å². The lowest BCUT2D eigenvalue weighted by Gasteiger charge is -2.12. The average molecular weight is 459 g/mol. The molecule has 0 atom stereocenters. The number of amides is 2. The molecule has 1 fully saturated rings. The smallest absolute Gasteiger partial charge is 0.293 e. The van der Waals surface area contributed by atoms with Gasteiger partial charge >= 0.3 is 0 Å². The van der Waals surface area contributed by atoms with Gasteiger partial charge in [0.2, 0.25) is 0 Å². The molecule has 2 amide bonds. The van der Waals surface area contributed by atoms with Crippen LogP contribution >= 0.6 is 50.9 Å². The molecule has 4 nitrogen and oxygen atoms in total. The molecular weight excluding hydrogens is 449 g/mol. The predicted octanol–water partition coefficient (Wildman–Crippen LogP) is 5.70. The molecule has 1 N–H and O–H groups in total. The van der Waals surface area contributed by atoms with Crippen LogP contribution in [0.15, 0.2) is 45.8 Å². The van der Waals surface area contributed by atoms with E-state index >= 15 is 0 Å². The molecule has 0 unspecified atom stereocenters. The first-order valence-corrected chi connectivity index (χ1v) is 9.39. The largest absolute Gasteiger partial charge is 0.506 e. The fraction of sp³-hybridized carbons (Fsp3) is 0.0588. The second-order valence-corrected chi connectivity index (χ2v) is 7.97. The van der Waals surface area contributed by atoms with Crippen LogP contribution < -0.4 is 0 Å². The second kappa shape index (κ2) is 7.41. The van der Waals surface area contributed by atoms with Crippen LogP contribution in [-0.4, -0.2) is 21.2 Å². The standard InChI is InChI=1S/C17H10BrCl2NO3S/c18-11-5-10(15(22)13(20)7-11)6-14-16(23)21(17(24)25-14)8-9-1-3-12(19)4-2-9/h1-7,22H,8H2. The number of halogens is 3. The van der Waals surface area contributed by atoms with Crippen LogP contribution in [-0.2, 0) is 11.3 Å². The third-order valence-corrected chi connectivity index (χ3v) is 5.38. The maximum atomic E-state index is 12.5. The first kappa shape index (κ1) is 18.3. The number of phenols is 1. The Morgan fingerprint density at radius 2 is 1.84 bits per heavy atom. The van der Waals surface area contributed by atoms with E-state index in [1.54, 1.807) is 36.4 Å². The van der Waals surface area contributed by atoms with E-state index in [2.05, 4.69) is 15.9 Å². The Labute approximate surface area is 166 Å². The Kier molecular flexibility index (Phi) is 5.43. The summed E-state index contributed by atoms with van der Waals surface area (Å²) in [4.78, 5) is 26.1. The van der Waals surface area contributed by atoms with E-state index in [1.165, 1.54) is 6.08 Å². The number of hydrogen-bond donors (Lipinski definition) is 1. The van der Waals surface area contributed by atoms with E-state index in [0.717, 1.165) is 22.2 Å². The monoisotopic (exact) mass is 457 g/mol. The number of aromatic hydroxyl groups is 1. The first-order chi connectivity index (χ1) is 11.8. The van der Waals surface area contributed by atoms with Crippen molar-refractivity contribution in [3.05, 3.63) is 66.9 Å². The molecule has 1 aliphatic heterocycles. The van der Waals surface area contributed by atoms with Crippen LogP contribution in [0.25, 0.3) is 6.08 Å². The fourth-order valence-corrected chi connectivity index (χ4v) is 4.03. The summed E-state index contributed by atoms with van der Waals surface area (Å²) in [5.74, 6) is -0.560. The van der Waals surface area contributed by atoms with Crippen molar-refractivity contribution >= 4 is 68.1 Å². The molecule has 25 heavy (non-hydrogen) atoms. The maximum absolute atomic E-state index is 12.5. The van der Waals surface area contributed by atoms with Gasteiger partial charge in [-0.15, -0.1) is 0 Å². The number of thioether (sulfide) groups is 1. The highest BCUT2D eigenvalue weighted by molar-refractivity contribution is 9.10. The molecule has 2 aromatic rings. The number of nitrogens with zero attached hydrogens (tertiary/aromatic N) is 1. The van der Waals surface area contributed by atoms with Gasteiger partial charge in [-0.3, -0.25) is 14.5 Å². The number of carbonyl (C=O) groups excluding carboxylic acids is 2. The van der Waals surface area contributed by atoms with Crippen molar-refractivity contribution in [1.82, 2.24) is 4.90 Å². The normalized spacial score (nSPS) is 16.1. The summed E-state index contributed by atoms with van der Waals surface area (Å²) in [6.07, 6.45) is 1.46. The number of imide groups is 1. The molecule has 1 aliphatic rings. The summed E-state index contributed by atoms with van der Waals surface area (Å²) in [5, 5.41) is 10.4. The number of phenolic OH excluding ortho intramolecular Hbond substituents is 1. The van der Waals surface area contributed by atoms with E-state index in [1.807, 2.05) is 0 Å². The third-order valence-electron chi connectivity index (χ3n) is 3.47. The van der Waals surface area contributed by atoms with Gasteiger partial charge in [0.1, 0.15) is 5.75 Å². The highest BCUT2D eigenvalue weighted by Gasteiger charge is 2.35. The van der Waals surface area contributed by atoms with Crippen LogP contribution in [0.1, 0.15) is 11.1 Å². The van der Waals surface area contributed by atoms with Crippen molar-refractivity contribution < 1.29 is 14.7 Å². The summed E-state index contributed by atoms with van der Waals surface area (Å²) < 4.78 is 0.655. The predicted molar refractivity (Wildman–Crippen MR) is 104 cm³/mol. The molecule has 0 aromatic heterocycles. The summed E-state index contributed by atoms with van der Waals surface area (Å²) in [6.45, 7) is 0.157. The molecule has 0 spiro atoms. The average Bonchev–Trinajstić information content (AvgIpc) is 2.81. The first-order valence-electron chi connectivity index (χ1n) is 7.03. The summed E-state index contributed by atoms with van der Waals surface area (Å²) in [6, 6.07) is 10.1. The fourth-order valence-electron chi connectivity index (χ4n) is 2.25. The third kappa shape index (κ3) is 4.03. The zero-order valence-electron chi connectivity index (χ0n) is 12.5. The molecule has 0 bridgehead atoms. The Hall–Kier alpha value is -1.47. The molecular formula is C17H10BrCl2NO3S. The van der Waals surface area contributed by atoms with E-state index in [4.69, 9.17) is 23.2 Å². The van der Waals surface area contributed by atoms with Crippen LogP contribution in [0, 0.1) is 0 Å². The van der Waals surface area contributed by atoms with E-state index in [-0.39, 0.29) is 27.5 Å². The van der Waals surface area contributed by atoms with Crippen LogP contribution in [0.3, 0.4) is 0 Å². The molecule has 0 saturated carbocycles. The van der Waals surface area contributed by atoms with Gasteiger partial charge < -0.3 is 5.11 Å². The van der Waals surface area contributed by atoms with Gasteiger partial charge in [-0.2, -0.15) is 0 Å². The molecule has 1 heterocycles. The summed E-state index contributed by atoms with van der Waals surface area (Å²) in [5.41, 5.74) is 1.15. The number of hydrogen-bond acceptors (Lipinski definition) is 4. The molecule has 0 radical (unpaired) electrons. The quantitative estimate of drug-likeness (QED) is 0.599. The Morgan fingerprint density at radius 1 is 1.16 bits per heavy atom. The zero-order chi connectivity index (χ0) is 18.1. The molecule has 8 heteroatoms. The van der Waals surface area contributed by atoms with Gasteiger partial charge in [0.05, 0.1) is 16.5 Å². The second-order valence-electron chi connectivity index (χ2n) is 5.22. The van der Waals surface area contributed by atoms with Gasteiger partial charge in [0, 0.05) is 15.1 Å². The van der Waals surface area contributed by atoms with Crippen LogP contribution in [0.5, 0.6) is 5.75 Å². The SMILES string of the molecule is O=C1SC(=Cc2cc(Br)cc(Cl)c2O)C(=O)N1Cc1ccc(Cl)cc1. The van der Waals surface area contributed by atoms with Crippen molar-refractivity contribution in [2.24, 2.45) is 0 Å². The van der Waals surface area contributed by atoms with Gasteiger partial charge in [-0.1, -0.05) is 51.3 Å². The summed E-state index contributed by atoms with van der Waals surface area (Å²) >= 11 is 15.9. The minimum atomic E-state index is -0.416. The van der Waals surface area contributed by atoms with Crippen LogP contribution in [0.2, 0.25) is 10.0 Å². The summed E-state index contributed by atoms with van der Waals surface area (Å²) in [7, 11) is 0. The molecule has 128 valence electrons. The van der Waals surface area contributed by atoms with Gasteiger partial charge in [0.25, 0.3) is 11.1 Å². The minimum absolute atomic E-state index is 0.144.